The average molecular weight is 336 g/mol. The van der Waals surface area contributed by atoms with Crippen LogP contribution in [0.1, 0.15) is 5.56 Å². The highest BCUT2D eigenvalue weighted by atomic mass is 79.9. The summed E-state index contributed by atoms with van der Waals surface area (Å²) in [5.41, 5.74) is 1.28. The minimum atomic E-state index is 0.623. The van der Waals surface area contributed by atoms with Crippen molar-refractivity contribution < 1.29 is 9.47 Å². The molecule has 0 aliphatic heterocycles. The lowest BCUT2D eigenvalue weighted by Crippen LogP contribution is -2.20. The minimum Gasteiger partial charge on any atom is -0.497 e. The molecule has 0 radical (unpaired) electrons. The van der Waals surface area contributed by atoms with E-state index in [2.05, 4.69) is 33.4 Å². The van der Waals surface area contributed by atoms with Gasteiger partial charge in [0.25, 0.3) is 0 Å². The van der Waals surface area contributed by atoms with Gasteiger partial charge in [-0.2, -0.15) is 0 Å². The van der Waals surface area contributed by atoms with Crippen LogP contribution in [0.3, 0.4) is 0 Å². The summed E-state index contributed by atoms with van der Waals surface area (Å²) in [6, 6.07) is 16.0. The van der Waals surface area contributed by atoms with E-state index in [1.165, 1.54) is 5.56 Å². The molecule has 2 aromatic carbocycles. The van der Waals surface area contributed by atoms with E-state index in [0.717, 1.165) is 29.1 Å². The van der Waals surface area contributed by atoms with Crippen molar-refractivity contribution in [3.63, 3.8) is 0 Å². The lowest BCUT2D eigenvalue weighted by atomic mass is 10.2. The summed E-state index contributed by atoms with van der Waals surface area (Å²) < 4.78 is 11.8. The summed E-state index contributed by atoms with van der Waals surface area (Å²) in [6.07, 6.45) is 0. The van der Waals surface area contributed by atoms with Gasteiger partial charge in [0, 0.05) is 13.1 Å². The van der Waals surface area contributed by atoms with Gasteiger partial charge < -0.3 is 14.8 Å². The van der Waals surface area contributed by atoms with Crippen molar-refractivity contribution in [2.45, 2.75) is 6.54 Å². The van der Waals surface area contributed by atoms with Gasteiger partial charge >= 0.3 is 0 Å². The Balaban J connectivity index is 1.71. The first-order valence-corrected chi connectivity index (χ1v) is 7.30. The second-order valence-electron chi connectivity index (χ2n) is 4.31. The van der Waals surface area contributed by atoms with Crippen LogP contribution >= 0.6 is 15.9 Å². The zero-order valence-corrected chi connectivity index (χ0v) is 13.0. The van der Waals surface area contributed by atoms with Crippen LogP contribution in [0.5, 0.6) is 11.5 Å². The molecule has 0 heterocycles. The molecule has 0 unspecified atom stereocenters. The topological polar surface area (TPSA) is 30.5 Å². The van der Waals surface area contributed by atoms with E-state index >= 15 is 0 Å². The predicted molar refractivity (Wildman–Crippen MR) is 84.3 cm³/mol. The molecule has 0 spiro atoms. The fourth-order valence-corrected chi connectivity index (χ4v) is 2.26. The van der Waals surface area contributed by atoms with Gasteiger partial charge in [-0.25, -0.2) is 0 Å². The SMILES string of the molecule is COc1ccc(OCCNCc2ccccc2)c(Br)c1. The summed E-state index contributed by atoms with van der Waals surface area (Å²) in [5.74, 6) is 1.64. The summed E-state index contributed by atoms with van der Waals surface area (Å²) in [7, 11) is 1.65. The molecule has 0 aliphatic carbocycles. The van der Waals surface area contributed by atoms with Gasteiger partial charge in [-0.1, -0.05) is 30.3 Å². The fourth-order valence-electron chi connectivity index (χ4n) is 1.79. The number of hydrogen-bond donors (Lipinski definition) is 1. The molecule has 0 amide bonds. The van der Waals surface area contributed by atoms with Crippen LogP contribution < -0.4 is 14.8 Å². The summed E-state index contributed by atoms with van der Waals surface area (Å²) in [5, 5.41) is 3.35. The molecule has 0 saturated carbocycles. The van der Waals surface area contributed by atoms with Crippen LogP contribution in [0, 0.1) is 0 Å². The van der Waals surface area contributed by atoms with E-state index in [9.17, 15) is 0 Å². The molecule has 2 aromatic rings. The summed E-state index contributed by atoms with van der Waals surface area (Å²) in [4.78, 5) is 0. The van der Waals surface area contributed by atoms with Crippen molar-refractivity contribution in [3.8, 4) is 11.5 Å². The summed E-state index contributed by atoms with van der Waals surface area (Å²) in [6.45, 7) is 2.28. The Morgan fingerprint density at radius 2 is 1.90 bits per heavy atom. The lowest BCUT2D eigenvalue weighted by Gasteiger charge is -2.10. The zero-order valence-electron chi connectivity index (χ0n) is 11.4. The van der Waals surface area contributed by atoms with Gasteiger partial charge in [-0.15, -0.1) is 0 Å². The Labute approximate surface area is 128 Å². The highest BCUT2D eigenvalue weighted by Crippen LogP contribution is 2.28. The number of halogens is 1. The number of rotatable bonds is 7. The minimum absolute atomic E-state index is 0.623. The number of ether oxygens (including phenoxy) is 2. The van der Waals surface area contributed by atoms with Crippen molar-refractivity contribution in [2.24, 2.45) is 0 Å². The van der Waals surface area contributed by atoms with Gasteiger partial charge in [0.15, 0.2) is 0 Å². The van der Waals surface area contributed by atoms with Crippen LogP contribution in [0.2, 0.25) is 0 Å². The van der Waals surface area contributed by atoms with E-state index in [1.54, 1.807) is 7.11 Å². The third-order valence-electron chi connectivity index (χ3n) is 2.85. The highest BCUT2D eigenvalue weighted by Gasteiger charge is 2.02. The van der Waals surface area contributed by atoms with Crippen molar-refractivity contribution >= 4 is 15.9 Å². The smallest absolute Gasteiger partial charge is 0.133 e. The van der Waals surface area contributed by atoms with E-state index in [1.807, 2.05) is 36.4 Å². The van der Waals surface area contributed by atoms with Crippen molar-refractivity contribution in [3.05, 3.63) is 58.6 Å². The number of hydrogen-bond acceptors (Lipinski definition) is 3. The second-order valence-corrected chi connectivity index (χ2v) is 5.16. The van der Waals surface area contributed by atoms with Crippen molar-refractivity contribution in [1.29, 1.82) is 0 Å². The molecule has 0 aromatic heterocycles. The van der Waals surface area contributed by atoms with Gasteiger partial charge in [0.05, 0.1) is 11.6 Å². The second kappa shape index (κ2) is 7.92. The van der Waals surface area contributed by atoms with Crippen molar-refractivity contribution in [2.75, 3.05) is 20.3 Å². The molecule has 4 heteroatoms. The quantitative estimate of drug-likeness (QED) is 0.784. The maximum absolute atomic E-state index is 5.71. The van der Waals surface area contributed by atoms with Crippen LogP contribution in [-0.2, 0) is 6.54 Å². The molecule has 0 atom stereocenters. The molecular weight excluding hydrogens is 318 g/mol. The Morgan fingerprint density at radius 1 is 1.10 bits per heavy atom. The van der Waals surface area contributed by atoms with E-state index in [4.69, 9.17) is 9.47 Å². The van der Waals surface area contributed by atoms with Gasteiger partial charge in [-0.3, -0.25) is 0 Å². The number of benzene rings is 2. The standard InChI is InChI=1S/C16H18BrNO2/c1-19-14-7-8-16(15(17)11-14)20-10-9-18-12-13-5-3-2-4-6-13/h2-8,11,18H,9-10,12H2,1H3. The predicted octanol–water partition coefficient (Wildman–Crippen LogP) is 3.63. The number of nitrogens with one attached hydrogen (secondary N) is 1. The van der Waals surface area contributed by atoms with E-state index < -0.39 is 0 Å². The average Bonchev–Trinajstić information content (AvgIpc) is 2.49. The monoisotopic (exact) mass is 335 g/mol. The number of methoxy groups -OCH3 is 1. The third kappa shape index (κ3) is 4.54. The largest absolute Gasteiger partial charge is 0.497 e. The molecule has 106 valence electrons. The molecular formula is C16H18BrNO2. The maximum Gasteiger partial charge on any atom is 0.133 e. The van der Waals surface area contributed by atoms with Crippen LogP contribution in [0.15, 0.2) is 53.0 Å². The lowest BCUT2D eigenvalue weighted by molar-refractivity contribution is 0.311. The third-order valence-corrected chi connectivity index (χ3v) is 3.47. The molecule has 1 N–H and O–H groups in total. The molecule has 0 fully saturated rings. The maximum atomic E-state index is 5.71. The zero-order chi connectivity index (χ0) is 14.2. The Kier molecular flexibility index (Phi) is 5.89. The summed E-state index contributed by atoms with van der Waals surface area (Å²) >= 11 is 3.47. The van der Waals surface area contributed by atoms with Crippen LogP contribution in [0.25, 0.3) is 0 Å². The van der Waals surface area contributed by atoms with Gasteiger partial charge in [0.1, 0.15) is 18.1 Å². The molecule has 0 bridgehead atoms. The first-order chi connectivity index (χ1) is 9.79. The van der Waals surface area contributed by atoms with E-state index in [0.29, 0.717) is 6.61 Å². The fraction of sp³-hybridized carbons (Fsp3) is 0.250. The van der Waals surface area contributed by atoms with Crippen molar-refractivity contribution in [1.82, 2.24) is 5.32 Å². The van der Waals surface area contributed by atoms with E-state index in [-0.39, 0.29) is 0 Å². The molecule has 0 aliphatic rings. The molecule has 3 nitrogen and oxygen atoms in total. The van der Waals surface area contributed by atoms with Gasteiger partial charge in [-0.05, 0) is 39.7 Å². The first kappa shape index (κ1) is 14.9. The Hall–Kier alpha value is -1.52. The molecule has 2 rings (SSSR count). The normalized spacial score (nSPS) is 10.3. The molecule has 20 heavy (non-hydrogen) atoms. The first-order valence-electron chi connectivity index (χ1n) is 6.50. The Morgan fingerprint density at radius 3 is 2.60 bits per heavy atom. The van der Waals surface area contributed by atoms with Crippen LogP contribution in [0.4, 0.5) is 0 Å². The molecule has 0 saturated heterocycles. The highest BCUT2D eigenvalue weighted by molar-refractivity contribution is 9.10. The van der Waals surface area contributed by atoms with Gasteiger partial charge in [0.2, 0.25) is 0 Å². The van der Waals surface area contributed by atoms with Crippen LogP contribution in [-0.4, -0.2) is 20.3 Å². The Bertz CT molecular complexity index is 531.